The molecule has 2 aliphatic heterocycles. The quantitative estimate of drug-likeness (QED) is 0.0360. The maximum Gasteiger partial charge on any atom is 0.342 e. The van der Waals surface area contributed by atoms with Gasteiger partial charge in [-0.3, -0.25) is 28.8 Å². The van der Waals surface area contributed by atoms with Crippen LogP contribution in [0.5, 0.6) is 23.0 Å². The summed E-state index contributed by atoms with van der Waals surface area (Å²) in [6, 6.07) is 8.19. The van der Waals surface area contributed by atoms with Crippen molar-refractivity contribution in [3.8, 4) is 23.0 Å². The van der Waals surface area contributed by atoms with Gasteiger partial charge in [-0.2, -0.15) is 0 Å². The molecule has 0 spiro atoms. The van der Waals surface area contributed by atoms with Crippen LogP contribution in [-0.4, -0.2) is 105 Å². The maximum absolute atomic E-state index is 13.6. The number of unbranched alkanes of at least 4 members (excludes halogenated alkanes) is 1. The second-order valence-corrected chi connectivity index (χ2v) is 20.0. The predicted molar refractivity (Wildman–Crippen MR) is 262 cm³/mol. The van der Waals surface area contributed by atoms with Gasteiger partial charge >= 0.3 is 47.8 Å². The molecule has 2 aromatic carbocycles. The molecule has 75 heavy (non-hydrogen) atoms. The van der Waals surface area contributed by atoms with Crippen molar-refractivity contribution in [3.63, 3.8) is 0 Å². The lowest BCUT2D eigenvalue weighted by Gasteiger charge is -2.26. The van der Waals surface area contributed by atoms with Gasteiger partial charge in [-0.1, -0.05) is 6.58 Å². The lowest BCUT2D eigenvalue weighted by atomic mass is 9.80. The van der Waals surface area contributed by atoms with E-state index >= 15 is 0 Å². The van der Waals surface area contributed by atoms with Crippen LogP contribution in [0, 0.1) is 35.5 Å². The molecule has 2 heterocycles. The Bertz CT molecular complexity index is 2370. The van der Waals surface area contributed by atoms with Gasteiger partial charge in [0.2, 0.25) is 0 Å². The van der Waals surface area contributed by atoms with Gasteiger partial charge in [0.25, 0.3) is 0 Å². The normalized spacial score (nSPS) is 24.4. The van der Waals surface area contributed by atoms with Crippen LogP contribution in [0.2, 0.25) is 0 Å². The number of benzene rings is 2. The minimum Gasteiger partial charge on any atom is -0.465 e. The van der Waals surface area contributed by atoms with E-state index in [-0.39, 0.29) is 122 Å². The van der Waals surface area contributed by atoms with Gasteiger partial charge < -0.3 is 47.4 Å². The Morgan fingerprint density at radius 3 is 1.23 bits per heavy atom. The van der Waals surface area contributed by atoms with Crippen LogP contribution in [0.15, 0.2) is 49.1 Å². The lowest BCUT2D eigenvalue weighted by Crippen LogP contribution is -2.30. The summed E-state index contributed by atoms with van der Waals surface area (Å²) in [5.74, 6) is -7.38. The number of ether oxygens (including phenoxy) is 10. The van der Waals surface area contributed by atoms with Gasteiger partial charge in [0.1, 0.15) is 53.1 Å². The van der Waals surface area contributed by atoms with Crippen molar-refractivity contribution in [1.82, 2.24) is 0 Å². The molecule has 3 saturated carbocycles. The Balaban J connectivity index is 0.915. The van der Waals surface area contributed by atoms with Crippen LogP contribution < -0.4 is 18.9 Å². The molecule has 0 radical (unpaired) electrons. The molecule has 2 unspecified atom stereocenters. The summed E-state index contributed by atoms with van der Waals surface area (Å²) in [4.78, 5) is 117. The molecule has 19 heteroatoms. The van der Waals surface area contributed by atoms with E-state index in [4.69, 9.17) is 47.4 Å². The third kappa shape index (κ3) is 16.5. The summed E-state index contributed by atoms with van der Waals surface area (Å²) < 4.78 is 55.7. The summed E-state index contributed by atoms with van der Waals surface area (Å²) in [5, 5.41) is 0. The van der Waals surface area contributed by atoms with E-state index in [9.17, 15) is 43.2 Å². The monoisotopic (exact) mass is 1040 g/mol. The van der Waals surface area contributed by atoms with E-state index in [1.54, 1.807) is 6.92 Å². The van der Waals surface area contributed by atoms with E-state index < -0.39 is 65.5 Å². The third-order valence-corrected chi connectivity index (χ3v) is 14.7. The Kier molecular flexibility index (Phi) is 20.9. The van der Waals surface area contributed by atoms with Crippen molar-refractivity contribution in [3.05, 3.63) is 60.2 Å². The minimum atomic E-state index is -0.807. The van der Waals surface area contributed by atoms with Crippen molar-refractivity contribution < 1.29 is 90.5 Å². The number of carbonyl (C=O) groups is 9. The number of esters is 8. The Morgan fingerprint density at radius 2 is 0.853 bits per heavy atom. The summed E-state index contributed by atoms with van der Waals surface area (Å²) in [5.41, 5.74) is -0.232. The van der Waals surface area contributed by atoms with Crippen molar-refractivity contribution in [2.45, 2.75) is 135 Å². The summed E-state index contributed by atoms with van der Waals surface area (Å²) >= 11 is 0. The molecule has 406 valence electrons. The maximum atomic E-state index is 13.6. The van der Waals surface area contributed by atoms with Crippen LogP contribution in [0.4, 0.5) is 0 Å². The van der Waals surface area contributed by atoms with Crippen LogP contribution >= 0.6 is 0 Å². The molecular weight excluding hydrogens is 977 g/mol. The van der Waals surface area contributed by atoms with Gasteiger partial charge in [-0.05, 0) is 159 Å². The number of Topliss-reactive ketones (excluding diaryl/α,β-unsaturated/α-hetero) is 1. The Labute approximate surface area is 435 Å². The molecule has 2 atom stereocenters. The molecule has 0 aromatic heterocycles. The van der Waals surface area contributed by atoms with E-state index in [2.05, 4.69) is 6.58 Å². The minimum absolute atomic E-state index is 0.00425. The molecule has 5 fully saturated rings. The number of carbonyl (C=O) groups excluding carboxylic acids is 9. The smallest absolute Gasteiger partial charge is 0.342 e. The van der Waals surface area contributed by atoms with Crippen LogP contribution in [0.25, 0.3) is 0 Å². The molecular formula is C56H68O19. The number of ketones is 1. The Morgan fingerprint density at radius 1 is 0.480 bits per heavy atom. The molecule has 5 aliphatic rings. The first-order valence-electron chi connectivity index (χ1n) is 26.4. The summed E-state index contributed by atoms with van der Waals surface area (Å²) in [6.45, 7) is 6.34. The van der Waals surface area contributed by atoms with E-state index in [1.807, 2.05) is 0 Å². The largest absolute Gasteiger partial charge is 0.465 e. The highest BCUT2D eigenvalue weighted by Crippen LogP contribution is 2.37. The molecule has 2 saturated heterocycles. The standard InChI is InChI=1S/C56H68O19/c1-3-49(58)68-26-4-5-27-69-50(59)36-14-16-40(17-15-36)54(63)75-48-25-23-42(31-46(48)56(65)71-33-44-9-7-29-67-44)73-52(61)38-20-18-37(19-21-38)51(60)72-41-22-24-47(45(30-41)55(64)70-32-43-8-6-28-66-43)74-53(62)39-12-10-35(11-13-39)34(2)57/h3,22-25,30-31,35-40,43-44H,1,4-21,26-29,32-33H2,2H3. The van der Waals surface area contributed by atoms with Gasteiger partial charge in [0.15, 0.2) is 0 Å². The predicted octanol–water partition coefficient (Wildman–Crippen LogP) is 7.74. The van der Waals surface area contributed by atoms with Crippen LogP contribution in [0.3, 0.4) is 0 Å². The first-order valence-corrected chi connectivity index (χ1v) is 26.4. The fraction of sp³-hybridized carbons (Fsp3) is 0.589. The SMILES string of the molecule is C=CC(=O)OCCCCOC(=O)C1CCC(C(=O)Oc2ccc(OC(=O)C3CCC(C(=O)Oc4ccc(OC(=O)C5CCC(C(C)=O)CC5)c(C(=O)OCC5CCCO5)c4)CC3)cc2C(=O)OCC2CCCO2)CC1. The molecule has 2 aromatic rings. The third-order valence-electron chi connectivity index (χ3n) is 14.7. The van der Waals surface area contributed by atoms with Gasteiger partial charge in [0, 0.05) is 25.2 Å². The highest BCUT2D eigenvalue weighted by molar-refractivity contribution is 5.95. The number of hydrogen-bond donors (Lipinski definition) is 0. The average molecular weight is 1050 g/mol. The zero-order chi connectivity index (χ0) is 53.3. The zero-order valence-corrected chi connectivity index (χ0v) is 42.6. The van der Waals surface area contributed by atoms with E-state index in [0.717, 1.165) is 25.3 Å². The number of rotatable bonds is 22. The van der Waals surface area contributed by atoms with E-state index in [0.29, 0.717) is 83.8 Å². The molecule has 0 amide bonds. The molecule has 0 N–H and O–H groups in total. The highest BCUT2D eigenvalue weighted by atomic mass is 16.6. The van der Waals surface area contributed by atoms with Crippen molar-refractivity contribution in [1.29, 1.82) is 0 Å². The van der Waals surface area contributed by atoms with Gasteiger partial charge in [-0.15, -0.1) is 0 Å². The van der Waals surface area contributed by atoms with Gasteiger partial charge in [0.05, 0.1) is 55.0 Å². The second kappa shape index (κ2) is 27.9. The molecule has 3 aliphatic carbocycles. The first-order chi connectivity index (χ1) is 36.2. The summed E-state index contributed by atoms with van der Waals surface area (Å²) in [6.07, 6.45) is 9.44. The number of hydrogen-bond acceptors (Lipinski definition) is 19. The van der Waals surface area contributed by atoms with Crippen molar-refractivity contribution in [2.75, 3.05) is 39.6 Å². The second-order valence-electron chi connectivity index (χ2n) is 20.0. The lowest BCUT2D eigenvalue weighted by molar-refractivity contribution is -0.152. The molecule has 7 rings (SSSR count). The highest BCUT2D eigenvalue weighted by Gasteiger charge is 2.36. The molecule has 19 nitrogen and oxygen atoms in total. The van der Waals surface area contributed by atoms with Crippen LogP contribution in [-0.2, 0) is 62.0 Å². The van der Waals surface area contributed by atoms with Crippen molar-refractivity contribution in [2.24, 2.45) is 35.5 Å². The first kappa shape index (κ1) is 56.3. The van der Waals surface area contributed by atoms with Gasteiger partial charge in [-0.25, -0.2) is 14.4 Å². The summed E-state index contributed by atoms with van der Waals surface area (Å²) in [7, 11) is 0. The average Bonchev–Trinajstić information content (AvgIpc) is 4.17. The van der Waals surface area contributed by atoms with Crippen LogP contribution in [0.1, 0.15) is 143 Å². The fourth-order valence-corrected chi connectivity index (χ4v) is 10.1. The zero-order valence-electron chi connectivity index (χ0n) is 42.6. The van der Waals surface area contributed by atoms with E-state index in [1.165, 1.54) is 36.4 Å². The topological polar surface area (TPSA) is 246 Å². The Hall–Kier alpha value is -6.47. The fourth-order valence-electron chi connectivity index (χ4n) is 10.1. The van der Waals surface area contributed by atoms with Crippen molar-refractivity contribution >= 4 is 53.5 Å². The molecule has 0 bridgehead atoms.